The highest BCUT2D eigenvalue weighted by atomic mass is 32.2. The van der Waals surface area contributed by atoms with Crippen molar-refractivity contribution in [2.75, 3.05) is 31.9 Å². The number of rotatable bonds is 8. The average Bonchev–Trinajstić information content (AvgIpc) is 2.53. The maximum Gasteiger partial charge on any atom is 0.230 e. The number of amides is 1. The lowest BCUT2D eigenvalue weighted by molar-refractivity contribution is -0.118. The van der Waals surface area contributed by atoms with Gasteiger partial charge in [0.1, 0.15) is 5.82 Å². The zero-order valence-electron chi connectivity index (χ0n) is 14.8. The molecule has 1 aromatic rings. The summed E-state index contributed by atoms with van der Waals surface area (Å²) in [5, 5.41) is 2.99. The Morgan fingerprint density at radius 1 is 1.25 bits per heavy atom. The van der Waals surface area contributed by atoms with Crippen molar-refractivity contribution >= 4 is 17.7 Å². The fourth-order valence-electron chi connectivity index (χ4n) is 3.40. The van der Waals surface area contributed by atoms with Gasteiger partial charge < -0.3 is 10.2 Å². The topological polar surface area (TPSA) is 32.3 Å². The Balaban J connectivity index is 1.52. The third-order valence-corrected chi connectivity index (χ3v) is 5.34. The number of hydrogen-bond acceptors (Lipinski definition) is 3. The van der Waals surface area contributed by atoms with Crippen molar-refractivity contribution in [3.8, 4) is 0 Å². The summed E-state index contributed by atoms with van der Waals surface area (Å²) in [6.45, 7) is 8.83. The molecular formula is C19H29FN2OS. The van der Waals surface area contributed by atoms with E-state index in [0.717, 1.165) is 42.7 Å². The van der Waals surface area contributed by atoms with Gasteiger partial charge in [-0.05, 0) is 48.9 Å². The van der Waals surface area contributed by atoms with Crippen LogP contribution in [-0.2, 0) is 10.5 Å². The van der Waals surface area contributed by atoms with Crippen LogP contribution in [0.5, 0.6) is 0 Å². The van der Waals surface area contributed by atoms with Gasteiger partial charge in [-0.15, -0.1) is 11.8 Å². The van der Waals surface area contributed by atoms with Crippen LogP contribution in [0.3, 0.4) is 0 Å². The van der Waals surface area contributed by atoms with Crippen LogP contribution in [0.1, 0.15) is 32.3 Å². The monoisotopic (exact) mass is 352 g/mol. The molecule has 0 spiro atoms. The molecule has 2 atom stereocenters. The molecular weight excluding hydrogens is 323 g/mol. The van der Waals surface area contributed by atoms with Gasteiger partial charge >= 0.3 is 0 Å². The molecule has 134 valence electrons. The molecule has 0 saturated carbocycles. The summed E-state index contributed by atoms with van der Waals surface area (Å²) in [6, 6.07) is 6.44. The van der Waals surface area contributed by atoms with Crippen molar-refractivity contribution < 1.29 is 9.18 Å². The molecule has 1 aliphatic rings. The lowest BCUT2D eigenvalue weighted by Gasteiger charge is -2.34. The number of carbonyl (C=O) groups excluding carboxylic acids is 1. The molecule has 0 aliphatic carbocycles. The first-order valence-electron chi connectivity index (χ1n) is 8.84. The molecule has 0 radical (unpaired) electrons. The number of piperidine rings is 1. The van der Waals surface area contributed by atoms with Crippen molar-refractivity contribution in [3.63, 3.8) is 0 Å². The molecule has 1 heterocycles. The predicted molar refractivity (Wildman–Crippen MR) is 99.6 cm³/mol. The zero-order chi connectivity index (χ0) is 17.4. The van der Waals surface area contributed by atoms with Gasteiger partial charge in [0.2, 0.25) is 5.91 Å². The summed E-state index contributed by atoms with van der Waals surface area (Å²) in [4.78, 5) is 14.4. The molecule has 2 unspecified atom stereocenters. The fourth-order valence-corrected chi connectivity index (χ4v) is 4.22. The molecule has 2 rings (SSSR count). The van der Waals surface area contributed by atoms with E-state index in [1.807, 2.05) is 0 Å². The lowest BCUT2D eigenvalue weighted by Crippen LogP contribution is -2.40. The van der Waals surface area contributed by atoms with Crippen molar-refractivity contribution in [1.82, 2.24) is 10.2 Å². The van der Waals surface area contributed by atoms with Gasteiger partial charge in [-0.1, -0.05) is 26.0 Å². The van der Waals surface area contributed by atoms with Crippen LogP contribution in [0.4, 0.5) is 4.39 Å². The smallest absolute Gasteiger partial charge is 0.230 e. The summed E-state index contributed by atoms with van der Waals surface area (Å²) < 4.78 is 12.8. The van der Waals surface area contributed by atoms with Crippen molar-refractivity contribution in [2.24, 2.45) is 11.8 Å². The Hall–Kier alpha value is -1.07. The van der Waals surface area contributed by atoms with E-state index in [0.29, 0.717) is 5.75 Å². The first-order valence-corrected chi connectivity index (χ1v) is 9.99. The molecule has 1 fully saturated rings. The number of nitrogens with zero attached hydrogens (tertiary/aromatic N) is 1. The van der Waals surface area contributed by atoms with Crippen molar-refractivity contribution in [3.05, 3.63) is 35.6 Å². The van der Waals surface area contributed by atoms with E-state index in [-0.39, 0.29) is 11.7 Å². The van der Waals surface area contributed by atoms with Gasteiger partial charge in [0, 0.05) is 25.4 Å². The van der Waals surface area contributed by atoms with E-state index in [2.05, 4.69) is 24.1 Å². The Kier molecular flexibility index (Phi) is 8.06. The van der Waals surface area contributed by atoms with E-state index in [9.17, 15) is 9.18 Å². The van der Waals surface area contributed by atoms with E-state index in [1.54, 1.807) is 23.9 Å². The molecule has 1 aromatic carbocycles. The molecule has 1 aliphatic heterocycles. The average molecular weight is 353 g/mol. The minimum absolute atomic E-state index is 0.0856. The van der Waals surface area contributed by atoms with Crippen molar-refractivity contribution in [2.45, 2.75) is 32.4 Å². The van der Waals surface area contributed by atoms with E-state index in [4.69, 9.17) is 0 Å². The van der Waals surface area contributed by atoms with Gasteiger partial charge in [0.05, 0.1) is 5.75 Å². The number of carbonyl (C=O) groups is 1. The molecule has 3 nitrogen and oxygen atoms in total. The summed E-state index contributed by atoms with van der Waals surface area (Å²) in [6.07, 6.45) is 2.34. The van der Waals surface area contributed by atoms with Crippen molar-refractivity contribution in [1.29, 1.82) is 0 Å². The number of nitrogens with one attached hydrogen (secondary N) is 1. The zero-order valence-corrected chi connectivity index (χ0v) is 15.6. The lowest BCUT2D eigenvalue weighted by atomic mass is 9.92. The van der Waals surface area contributed by atoms with Crippen LogP contribution >= 0.6 is 11.8 Å². The maximum atomic E-state index is 12.8. The number of hydrogen-bond donors (Lipinski definition) is 1. The van der Waals surface area contributed by atoms with E-state index < -0.39 is 0 Å². The van der Waals surface area contributed by atoms with Gasteiger partial charge in [0.25, 0.3) is 0 Å². The minimum atomic E-state index is -0.223. The second-order valence-electron chi connectivity index (χ2n) is 7.03. The molecule has 0 aromatic heterocycles. The molecule has 5 heteroatoms. The molecule has 24 heavy (non-hydrogen) atoms. The first kappa shape index (κ1) is 19.3. The number of benzene rings is 1. The second-order valence-corrected chi connectivity index (χ2v) is 8.01. The predicted octanol–water partition coefficient (Wildman–Crippen LogP) is 3.54. The molecule has 0 bridgehead atoms. The maximum absolute atomic E-state index is 12.8. The van der Waals surface area contributed by atoms with Crippen LogP contribution in [0.2, 0.25) is 0 Å². The second kappa shape index (κ2) is 10.0. The SMILES string of the molecule is CC1CC(C)CN(CCCNC(=O)CSCc2ccc(F)cc2)C1. The molecule has 1 amide bonds. The Labute approximate surface area is 149 Å². The van der Waals surface area contributed by atoms with Gasteiger partial charge in [-0.25, -0.2) is 4.39 Å². The fraction of sp³-hybridized carbons (Fsp3) is 0.632. The molecule has 1 N–H and O–H groups in total. The largest absolute Gasteiger partial charge is 0.355 e. The summed E-state index contributed by atoms with van der Waals surface area (Å²) in [5.41, 5.74) is 1.04. The van der Waals surface area contributed by atoms with E-state index >= 15 is 0 Å². The quantitative estimate of drug-likeness (QED) is 0.726. The standard InChI is InChI=1S/C19H29FN2OS/c1-15-10-16(2)12-22(11-15)9-3-8-21-19(23)14-24-13-17-4-6-18(20)7-5-17/h4-7,15-16H,3,8-14H2,1-2H3,(H,21,23). The summed E-state index contributed by atoms with van der Waals surface area (Å²) in [5.74, 6) is 2.62. The third kappa shape index (κ3) is 7.22. The van der Waals surface area contributed by atoms with Crippen LogP contribution < -0.4 is 5.32 Å². The number of thioether (sulfide) groups is 1. The Morgan fingerprint density at radius 2 is 1.92 bits per heavy atom. The van der Waals surface area contributed by atoms with Crippen LogP contribution in [0, 0.1) is 17.7 Å². The van der Waals surface area contributed by atoms with Gasteiger partial charge in [0.15, 0.2) is 0 Å². The summed E-state index contributed by atoms with van der Waals surface area (Å²) in [7, 11) is 0. The van der Waals surface area contributed by atoms with Crippen LogP contribution in [0.25, 0.3) is 0 Å². The highest BCUT2D eigenvalue weighted by molar-refractivity contribution is 7.99. The highest BCUT2D eigenvalue weighted by Gasteiger charge is 2.20. The third-order valence-electron chi connectivity index (χ3n) is 4.33. The highest BCUT2D eigenvalue weighted by Crippen LogP contribution is 2.20. The molecule has 1 saturated heterocycles. The van der Waals surface area contributed by atoms with Crippen LogP contribution in [0.15, 0.2) is 24.3 Å². The summed E-state index contributed by atoms with van der Waals surface area (Å²) >= 11 is 1.56. The minimum Gasteiger partial charge on any atom is -0.355 e. The normalized spacial score (nSPS) is 21.6. The Bertz CT molecular complexity index is 499. The number of likely N-dealkylation sites (tertiary alicyclic amines) is 1. The number of halogens is 1. The first-order chi connectivity index (χ1) is 11.5. The van der Waals surface area contributed by atoms with E-state index in [1.165, 1.54) is 31.6 Å². The Morgan fingerprint density at radius 3 is 2.58 bits per heavy atom. The van der Waals surface area contributed by atoms with Crippen LogP contribution in [-0.4, -0.2) is 42.7 Å². The van der Waals surface area contributed by atoms with Gasteiger partial charge in [-0.2, -0.15) is 0 Å². The van der Waals surface area contributed by atoms with Gasteiger partial charge in [-0.3, -0.25) is 4.79 Å².